The van der Waals surface area contributed by atoms with E-state index in [1.54, 1.807) is 18.2 Å². The van der Waals surface area contributed by atoms with E-state index >= 15 is 0 Å². The Morgan fingerprint density at radius 3 is 2.46 bits per heavy atom. The van der Waals surface area contributed by atoms with Crippen LogP contribution in [0.1, 0.15) is 15.9 Å². The number of esters is 1. The molecule has 2 rings (SSSR count). The molecule has 0 radical (unpaired) electrons. The average molecular weight is 426 g/mol. The topological polar surface area (TPSA) is 73.9 Å². The van der Waals surface area contributed by atoms with Crippen LogP contribution in [0.4, 0.5) is 4.39 Å². The molecule has 138 valence electrons. The van der Waals surface area contributed by atoms with Crippen LogP contribution in [0.15, 0.2) is 40.9 Å². The van der Waals surface area contributed by atoms with E-state index < -0.39 is 17.7 Å². The molecule has 0 aliphatic rings. The highest BCUT2D eigenvalue weighted by Gasteiger charge is 2.13. The first-order valence-corrected chi connectivity index (χ1v) is 8.33. The molecule has 0 aromatic heterocycles. The molecule has 8 heteroatoms. The third-order valence-electron chi connectivity index (χ3n) is 3.44. The van der Waals surface area contributed by atoms with E-state index in [0.717, 1.165) is 0 Å². The molecule has 6 nitrogen and oxygen atoms in total. The highest BCUT2D eigenvalue weighted by atomic mass is 79.9. The van der Waals surface area contributed by atoms with E-state index in [4.69, 9.17) is 14.2 Å². The van der Waals surface area contributed by atoms with Crippen molar-refractivity contribution >= 4 is 27.8 Å². The molecule has 0 heterocycles. The van der Waals surface area contributed by atoms with Gasteiger partial charge in [-0.3, -0.25) is 9.59 Å². The van der Waals surface area contributed by atoms with Gasteiger partial charge in [0.1, 0.15) is 19.0 Å². The van der Waals surface area contributed by atoms with Crippen molar-refractivity contribution in [2.75, 3.05) is 20.8 Å². The molecule has 2 aromatic rings. The van der Waals surface area contributed by atoms with E-state index in [1.807, 2.05) is 0 Å². The van der Waals surface area contributed by atoms with Gasteiger partial charge in [0.15, 0.2) is 11.5 Å². The van der Waals surface area contributed by atoms with E-state index in [2.05, 4.69) is 21.2 Å². The first kappa shape index (κ1) is 19.7. The smallest absolute Gasteiger partial charge is 0.325 e. The molecular formula is C18H17BrFNO5. The second-order valence-electron chi connectivity index (χ2n) is 5.15. The van der Waals surface area contributed by atoms with Crippen molar-refractivity contribution in [2.45, 2.75) is 6.61 Å². The minimum atomic E-state index is -0.679. The van der Waals surface area contributed by atoms with Crippen molar-refractivity contribution in [1.29, 1.82) is 0 Å². The second-order valence-corrected chi connectivity index (χ2v) is 6.06. The maximum atomic E-state index is 13.7. The largest absolute Gasteiger partial charge is 0.493 e. The zero-order valence-corrected chi connectivity index (χ0v) is 15.8. The van der Waals surface area contributed by atoms with Crippen molar-refractivity contribution < 1.29 is 28.2 Å². The summed E-state index contributed by atoms with van der Waals surface area (Å²) in [5, 5.41) is 2.44. The van der Waals surface area contributed by atoms with Crippen molar-refractivity contribution in [3.63, 3.8) is 0 Å². The Morgan fingerprint density at radius 1 is 1.08 bits per heavy atom. The Kier molecular flexibility index (Phi) is 6.97. The third-order valence-corrected chi connectivity index (χ3v) is 3.94. The minimum absolute atomic E-state index is 0.218. The van der Waals surface area contributed by atoms with Gasteiger partial charge in [0.2, 0.25) is 0 Å². The number of carbonyl (C=O) groups excluding carboxylic acids is 2. The maximum Gasteiger partial charge on any atom is 0.325 e. The maximum absolute atomic E-state index is 13.7. The van der Waals surface area contributed by atoms with Gasteiger partial charge >= 0.3 is 5.97 Å². The lowest BCUT2D eigenvalue weighted by molar-refractivity contribution is -0.143. The van der Waals surface area contributed by atoms with Crippen LogP contribution in [0.2, 0.25) is 0 Å². The standard InChI is InChI=1S/C18H17BrFNO5/c1-24-15-6-4-11(7-16(15)25-2)18(23)21-9-17(22)26-10-12-3-5-13(19)8-14(12)20/h3-8H,9-10H2,1-2H3,(H,21,23). The summed E-state index contributed by atoms with van der Waals surface area (Å²) < 4.78 is 29.4. The molecule has 0 atom stereocenters. The van der Waals surface area contributed by atoms with E-state index in [1.165, 1.54) is 32.4 Å². The van der Waals surface area contributed by atoms with Gasteiger partial charge in [-0.2, -0.15) is 0 Å². The number of amides is 1. The van der Waals surface area contributed by atoms with Crippen LogP contribution in [0, 0.1) is 5.82 Å². The summed E-state index contributed by atoms with van der Waals surface area (Å²) >= 11 is 3.15. The molecule has 0 unspecified atom stereocenters. The van der Waals surface area contributed by atoms with Gasteiger partial charge in [-0.15, -0.1) is 0 Å². The van der Waals surface area contributed by atoms with Gasteiger partial charge in [-0.1, -0.05) is 22.0 Å². The fourth-order valence-electron chi connectivity index (χ4n) is 2.08. The number of hydrogen-bond donors (Lipinski definition) is 1. The fraction of sp³-hybridized carbons (Fsp3) is 0.222. The first-order valence-electron chi connectivity index (χ1n) is 7.54. The van der Waals surface area contributed by atoms with Crippen LogP contribution in [0.5, 0.6) is 11.5 Å². The number of nitrogens with one attached hydrogen (secondary N) is 1. The molecule has 1 amide bonds. The Labute approximate surface area is 158 Å². The SMILES string of the molecule is COc1ccc(C(=O)NCC(=O)OCc2ccc(Br)cc2F)cc1OC. The first-order chi connectivity index (χ1) is 12.4. The Bertz CT molecular complexity index is 812. The minimum Gasteiger partial charge on any atom is -0.493 e. The predicted molar refractivity (Wildman–Crippen MR) is 95.8 cm³/mol. The summed E-state index contributed by atoms with van der Waals surface area (Å²) in [6, 6.07) is 9.06. The molecule has 0 spiro atoms. The summed E-state index contributed by atoms with van der Waals surface area (Å²) in [7, 11) is 2.94. The Hall–Kier alpha value is -2.61. The molecule has 0 fully saturated rings. The van der Waals surface area contributed by atoms with Crippen LogP contribution >= 0.6 is 15.9 Å². The summed E-state index contributed by atoms with van der Waals surface area (Å²) in [5.74, 6) is -0.756. The van der Waals surface area contributed by atoms with Crippen molar-refractivity contribution in [1.82, 2.24) is 5.32 Å². The van der Waals surface area contributed by atoms with Crippen LogP contribution in [0.25, 0.3) is 0 Å². The zero-order chi connectivity index (χ0) is 19.1. The summed E-state index contributed by atoms with van der Waals surface area (Å²) in [4.78, 5) is 23.8. The lowest BCUT2D eigenvalue weighted by Gasteiger charge is -2.10. The number of hydrogen-bond acceptors (Lipinski definition) is 5. The third kappa shape index (κ3) is 5.19. The number of benzene rings is 2. The normalized spacial score (nSPS) is 10.2. The van der Waals surface area contributed by atoms with E-state index in [0.29, 0.717) is 21.5 Å². The zero-order valence-electron chi connectivity index (χ0n) is 14.2. The highest BCUT2D eigenvalue weighted by molar-refractivity contribution is 9.10. The van der Waals surface area contributed by atoms with E-state index in [9.17, 15) is 14.0 Å². The van der Waals surface area contributed by atoms with Crippen molar-refractivity contribution in [3.8, 4) is 11.5 Å². The lowest BCUT2D eigenvalue weighted by atomic mass is 10.2. The van der Waals surface area contributed by atoms with Crippen LogP contribution in [0.3, 0.4) is 0 Å². The quantitative estimate of drug-likeness (QED) is 0.689. The molecule has 1 N–H and O–H groups in total. The molecular weight excluding hydrogens is 409 g/mol. The second kappa shape index (κ2) is 9.19. The molecule has 0 saturated carbocycles. The molecule has 0 aliphatic carbocycles. The number of ether oxygens (including phenoxy) is 3. The van der Waals surface area contributed by atoms with Gasteiger partial charge in [-0.05, 0) is 30.3 Å². The van der Waals surface area contributed by atoms with Gasteiger partial charge in [0, 0.05) is 15.6 Å². The molecule has 0 aliphatic heterocycles. The number of carbonyl (C=O) groups is 2. The van der Waals surface area contributed by atoms with Gasteiger partial charge < -0.3 is 19.5 Å². The molecule has 0 bridgehead atoms. The Balaban J connectivity index is 1.87. The van der Waals surface area contributed by atoms with Gasteiger partial charge in [0.05, 0.1) is 14.2 Å². The lowest BCUT2D eigenvalue weighted by Crippen LogP contribution is -2.30. The van der Waals surface area contributed by atoms with E-state index in [-0.39, 0.29) is 18.7 Å². The summed E-state index contributed by atoms with van der Waals surface area (Å²) in [6.07, 6.45) is 0. The van der Waals surface area contributed by atoms with Crippen molar-refractivity contribution in [3.05, 3.63) is 57.8 Å². The summed E-state index contributed by atoms with van der Waals surface area (Å²) in [5.41, 5.74) is 0.544. The molecule has 0 saturated heterocycles. The highest BCUT2D eigenvalue weighted by Crippen LogP contribution is 2.27. The number of halogens is 2. The van der Waals surface area contributed by atoms with Crippen LogP contribution in [-0.4, -0.2) is 32.6 Å². The Morgan fingerprint density at radius 2 is 1.81 bits per heavy atom. The van der Waals surface area contributed by atoms with Gasteiger partial charge in [0.25, 0.3) is 5.91 Å². The summed E-state index contributed by atoms with van der Waals surface area (Å²) in [6.45, 7) is -0.560. The van der Waals surface area contributed by atoms with Gasteiger partial charge in [-0.25, -0.2) is 4.39 Å². The van der Waals surface area contributed by atoms with Crippen molar-refractivity contribution in [2.24, 2.45) is 0 Å². The van der Waals surface area contributed by atoms with Crippen LogP contribution < -0.4 is 14.8 Å². The molecule has 26 heavy (non-hydrogen) atoms. The number of rotatable bonds is 7. The molecule has 2 aromatic carbocycles. The monoisotopic (exact) mass is 425 g/mol. The fourth-order valence-corrected chi connectivity index (χ4v) is 2.41. The predicted octanol–water partition coefficient (Wildman–Crippen LogP) is 3.08. The van der Waals surface area contributed by atoms with Crippen LogP contribution in [-0.2, 0) is 16.1 Å². The number of methoxy groups -OCH3 is 2. The average Bonchev–Trinajstić information content (AvgIpc) is 2.64.